The number of carbonyl (C=O) groups is 2. The number of nitrogens with zero attached hydrogens (tertiary/aromatic N) is 1. The number of piperidine rings is 1. The molecule has 0 saturated carbocycles. The number of methoxy groups -OCH3 is 1. The third kappa shape index (κ3) is 6.00. The quantitative estimate of drug-likeness (QED) is 0.625. The summed E-state index contributed by atoms with van der Waals surface area (Å²) >= 11 is 0. The van der Waals surface area contributed by atoms with Gasteiger partial charge in [-0.25, -0.2) is 0 Å². The number of unbranched alkanes of at least 4 members (excludes halogenated alkanes) is 1. The van der Waals surface area contributed by atoms with Crippen LogP contribution < -0.4 is 14.8 Å². The molecule has 0 radical (unpaired) electrons. The van der Waals surface area contributed by atoms with Crippen LogP contribution in [0.5, 0.6) is 11.5 Å². The molecule has 1 unspecified atom stereocenters. The Kier molecular flexibility index (Phi) is 7.93. The summed E-state index contributed by atoms with van der Waals surface area (Å²) in [6, 6.07) is 13.0. The molecule has 31 heavy (non-hydrogen) atoms. The molecule has 1 aliphatic rings. The Labute approximate surface area is 184 Å². The molecule has 1 aliphatic heterocycles. The average Bonchev–Trinajstić information content (AvgIpc) is 2.80. The Morgan fingerprint density at radius 1 is 1.16 bits per heavy atom. The van der Waals surface area contributed by atoms with Crippen molar-refractivity contribution >= 4 is 17.5 Å². The van der Waals surface area contributed by atoms with E-state index < -0.39 is 0 Å². The van der Waals surface area contributed by atoms with Gasteiger partial charge >= 0.3 is 0 Å². The lowest BCUT2D eigenvalue weighted by Crippen LogP contribution is -2.43. The molecule has 2 aromatic rings. The molecule has 166 valence electrons. The number of benzene rings is 2. The average molecular weight is 425 g/mol. The van der Waals surface area contributed by atoms with Gasteiger partial charge in [-0.05, 0) is 50.5 Å². The molecule has 0 aliphatic carbocycles. The minimum Gasteiger partial charge on any atom is -0.497 e. The number of amides is 2. The number of carbonyl (C=O) groups excluding carboxylic acids is 2. The van der Waals surface area contributed by atoms with Crippen LogP contribution >= 0.6 is 0 Å². The number of nitrogens with one attached hydrogen (secondary N) is 1. The van der Waals surface area contributed by atoms with Crippen molar-refractivity contribution in [2.75, 3.05) is 32.1 Å². The lowest BCUT2D eigenvalue weighted by Gasteiger charge is -2.32. The highest BCUT2D eigenvalue weighted by atomic mass is 16.5. The van der Waals surface area contributed by atoms with Crippen molar-refractivity contribution in [1.82, 2.24) is 4.90 Å². The Morgan fingerprint density at radius 3 is 2.65 bits per heavy atom. The van der Waals surface area contributed by atoms with Crippen LogP contribution in [-0.4, -0.2) is 43.5 Å². The largest absolute Gasteiger partial charge is 0.497 e. The first-order valence-corrected chi connectivity index (χ1v) is 11.0. The molecule has 2 aromatic carbocycles. The second-order valence-electron chi connectivity index (χ2n) is 8.01. The Morgan fingerprint density at radius 2 is 1.94 bits per heavy atom. The van der Waals surface area contributed by atoms with E-state index in [1.165, 1.54) is 0 Å². The van der Waals surface area contributed by atoms with Crippen LogP contribution in [0.2, 0.25) is 0 Å². The van der Waals surface area contributed by atoms with Crippen LogP contribution in [0, 0.1) is 12.8 Å². The molecule has 1 heterocycles. The number of ether oxygens (including phenoxy) is 2. The summed E-state index contributed by atoms with van der Waals surface area (Å²) in [6.45, 7) is 5.77. The number of anilines is 1. The molecule has 0 spiro atoms. The van der Waals surface area contributed by atoms with Crippen LogP contribution in [0.3, 0.4) is 0 Å². The fourth-order valence-electron chi connectivity index (χ4n) is 3.68. The summed E-state index contributed by atoms with van der Waals surface area (Å²) in [5.74, 6) is 0.888. The van der Waals surface area contributed by atoms with Crippen LogP contribution in [0.1, 0.15) is 48.5 Å². The van der Waals surface area contributed by atoms with Crippen molar-refractivity contribution in [3.05, 3.63) is 53.6 Å². The second kappa shape index (κ2) is 10.8. The summed E-state index contributed by atoms with van der Waals surface area (Å²) in [7, 11) is 1.59. The third-order valence-corrected chi connectivity index (χ3v) is 5.58. The van der Waals surface area contributed by atoms with Gasteiger partial charge in [-0.2, -0.15) is 0 Å². The number of likely N-dealkylation sites (tertiary alicyclic amines) is 1. The predicted octanol–water partition coefficient (Wildman–Crippen LogP) is 4.67. The lowest BCUT2D eigenvalue weighted by atomic mass is 9.96. The first-order chi connectivity index (χ1) is 15.0. The molecule has 1 N–H and O–H groups in total. The summed E-state index contributed by atoms with van der Waals surface area (Å²) < 4.78 is 11.2. The highest BCUT2D eigenvalue weighted by Crippen LogP contribution is 2.31. The fraction of sp³-hybridized carbons (Fsp3) is 0.440. The van der Waals surface area contributed by atoms with E-state index >= 15 is 0 Å². The molecular weight excluding hydrogens is 392 g/mol. The van der Waals surface area contributed by atoms with E-state index in [0.29, 0.717) is 42.4 Å². The van der Waals surface area contributed by atoms with Crippen LogP contribution in [0.15, 0.2) is 42.5 Å². The molecule has 3 rings (SSSR count). The summed E-state index contributed by atoms with van der Waals surface area (Å²) in [5, 5.41) is 3.01. The van der Waals surface area contributed by atoms with Crippen molar-refractivity contribution in [3.63, 3.8) is 0 Å². The molecular formula is C25H32N2O4. The third-order valence-electron chi connectivity index (χ3n) is 5.58. The van der Waals surface area contributed by atoms with E-state index in [-0.39, 0.29) is 17.7 Å². The lowest BCUT2D eigenvalue weighted by molar-refractivity contribution is -0.121. The van der Waals surface area contributed by atoms with Gasteiger partial charge in [0.05, 0.1) is 25.3 Å². The normalized spacial score (nSPS) is 16.0. The minimum absolute atomic E-state index is 0.0255. The zero-order chi connectivity index (χ0) is 22.2. The maximum absolute atomic E-state index is 13.1. The minimum atomic E-state index is -0.266. The highest BCUT2D eigenvalue weighted by Gasteiger charge is 2.29. The van der Waals surface area contributed by atoms with E-state index in [4.69, 9.17) is 9.47 Å². The van der Waals surface area contributed by atoms with Crippen molar-refractivity contribution in [3.8, 4) is 11.5 Å². The molecule has 6 heteroatoms. The van der Waals surface area contributed by atoms with Crippen LogP contribution in [0.4, 0.5) is 5.69 Å². The molecule has 6 nitrogen and oxygen atoms in total. The van der Waals surface area contributed by atoms with Gasteiger partial charge in [0.1, 0.15) is 11.5 Å². The number of hydrogen-bond acceptors (Lipinski definition) is 4. The Bertz CT molecular complexity index is 895. The summed E-state index contributed by atoms with van der Waals surface area (Å²) in [4.78, 5) is 27.7. The number of rotatable bonds is 8. The van der Waals surface area contributed by atoms with Gasteiger partial charge in [-0.3, -0.25) is 9.59 Å². The van der Waals surface area contributed by atoms with Crippen LogP contribution in [-0.2, 0) is 4.79 Å². The standard InChI is InChI=1S/C25H32N2O4/c1-4-5-15-31-23-13-12-21(30-3)16-22(23)26-24(28)20-7-6-14-27(17-20)25(29)19-10-8-18(2)9-11-19/h8-13,16,20H,4-7,14-15,17H2,1-3H3,(H,26,28). The van der Waals surface area contributed by atoms with Crippen molar-refractivity contribution in [2.45, 2.75) is 39.5 Å². The molecule has 1 fully saturated rings. The predicted molar refractivity (Wildman–Crippen MR) is 122 cm³/mol. The molecule has 0 bridgehead atoms. The zero-order valence-electron chi connectivity index (χ0n) is 18.6. The summed E-state index contributed by atoms with van der Waals surface area (Å²) in [5.41, 5.74) is 2.37. The van der Waals surface area contributed by atoms with Gasteiger partial charge in [0, 0.05) is 24.7 Å². The first-order valence-electron chi connectivity index (χ1n) is 11.0. The van der Waals surface area contributed by atoms with Gasteiger partial charge in [0.2, 0.25) is 5.91 Å². The number of hydrogen-bond donors (Lipinski definition) is 1. The SMILES string of the molecule is CCCCOc1ccc(OC)cc1NC(=O)C1CCCN(C(=O)c2ccc(C)cc2)C1. The van der Waals surface area contributed by atoms with Crippen molar-refractivity contribution < 1.29 is 19.1 Å². The van der Waals surface area contributed by atoms with Crippen LogP contribution in [0.25, 0.3) is 0 Å². The van der Waals surface area contributed by atoms with E-state index in [9.17, 15) is 9.59 Å². The molecule has 1 atom stereocenters. The van der Waals surface area contributed by atoms with E-state index in [1.54, 1.807) is 18.1 Å². The first kappa shape index (κ1) is 22.7. The second-order valence-corrected chi connectivity index (χ2v) is 8.01. The van der Waals surface area contributed by atoms with Crippen molar-refractivity contribution in [2.24, 2.45) is 5.92 Å². The van der Waals surface area contributed by atoms with Crippen molar-refractivity contribution in [1.29, 1.82) is 0 Å². The van der Waals surface area contributed by atoms with Gasteiger partial charge in [-0.1, -0.05) is 31.0 Å². The monoisotopic (exact) mass is 424 g/mol. The number of aryl methyl sites for hydroxylation is 1. The van der Waals surface area contributed by atoms with Gasteiger partial charge < -0.3 is 19.7 Å². The van der Waals surface area contributed by atoms with Gasteiger partial charge in [0.25, 0.3) is 5.91 Å². The van der Waals surface area contributed by atoms with Gasteiger partial charge in [-0.15, -0.1) is 0 Å². The maximum atomic E-state index is 13.1. The van der Waals surface area contributed by atoms with E-state index in [2.05, 4.69) is 12.2 Å². The van der Waals surface area contributed by atoms with E-state index in [1.807, 2.05) is 43.3 Å². The Hall–Kier alpha value is -3.02. The molecule has 2 amide bonds. The zero-order valence-corrected chi connectivity index (χ0v) is 18.6. The topological polar surface area (TPSA) is 67.9 Å². The maximum Gasteiger partial charge on any atom is 0.253 e. The molecule has 0 aromatic heterocycles. The fourth-order valence-corrected chi connectivity index (χ4v) is 3.68. The molecule has 1 saturated heterocycles. The summed E-state index contributed by atoms with van der Waals surface area (Å²) in [6.07, 6.45) is 3.52. The smallest absolute Gasteiger partial charge is 0.253 e. The van der Waals surface area contributed by atoms with Gasteiger partial charge in [0.15, 0.2) is 0 Å². The highest BCUT2D eigenvalue weighted by molar-refractivity contribution is 5.97. The van der Waals surface area contributed by atoms with E-state index in [0.717, 1.165) is 31.2 Å². The Balaban J connectivity index is 1.68.